The van der Waals surface area contributed by atoms with E-state index in [1.54, 1.807) is 0 Å². The van der Waals surface area contributed by atoms with Crippen LogP contribution in [0.15, 0.2) is 42.5 Å². The first-order valence-corrected chi connectivity index (χ1v) is 11.1. The number of halogens is 1. The number of nitrogens with zero attached hydrogens (tertiary/aromatic N) is 1. The molecule has 0 radical (unpaired) electrons. The zero-order chi connectivity index (χ0) is 18.7. The minimum atomic E-state index is -3.16. The summed E-state index contributed by atoms with van der Waals surface area (Å²) in [4.78, 5) is 2.31. The monoisotopic (exact) mass is 392 g/mol. The van der Waals surface area contributed by atoms with Gasteiger partial charge in [0.1, 0.15) is 16.7 Å². The van der Waals surface area contributed by atoms with E-state index in [0.29, 0.717) is 0 Å². The molecule has 1 aliphatic heterocycles. The Kier molecular flexibility index (Phi) is 6.15. The van der Waals surface area contributed by atoms with E-state index >= 15 is 0 Å². The Balaban J connectivity index is 1.70. The summed E-state index contributed by atoms with van der Waals surface area (Å²) in [6.45, 7) is 4.55. The number of rotatable bonds is 5. The Morgan fingerprint density at radius 1 is 1.27 bits per heavy atom. The van der Waals surface area contributed by atoms with E-state index in [4.69, 9.17) is 11.6 Å². The van der Waals surface area contributed by atoms with Gasteiger partial charge in [-0.05, 0) is 60.7 Å². The van der Waals surface area contributed by atoms with Crippen LogP contribution in [0.25, 0.3) is 11.1 Å². The van der Waals surface area contributed by atoms with Gasteiger partial charge < -0.3 is 4.55 Å². The van der Waals surface area contributed by atoms with Gasteiger partial charge in [0, 0.05) is 18.1 Å². The minimum absolute atomic E-state index is 0.00200. The van der Waals surface area contributed by atoms with E-state index in [1.165, 1.54) is 11.8 Å². The van der Waals surface area contributed by atoms with Crippen LogP contribution in [0, 0.1) is 6.92 Å². The van der Waals surface area contributed by atoms with E-state index in [1.807, 2.05) is 19.1 Å². The van der Waals surface area contributed by atoms with Crippen molar-refractivity contribution in [1.82, 2.24) is 9.62 Å². The fourth-order valence-corrected chi connectivity index (χ4v) is 4.46. The zero-order valence-electron chi connectivity index (χ0n) is 15.2. The van der Waals surface area contributed by atoms with Gasteiger partial charge in [-0.1, -0.05) is 46.1 Å². The van der Waals surface area contributed by atoms with Crippen molar-refractivity contribution in [3.05, 3.63) is 58.6 Å². The summed E-state index contributed by atoms with van der Waals surface area (Å²) in [5, 5.41) is 0.777. The third-order valence-corrected chi connectivity index (χ3v) is 5.89. The van der Waals surface area contributed by atoms with Crippen molar-refractivity contribution in [2.24, 2.45) is 0 Å². The molecule has 0 spiro atoms. The van der Waals surface area contributed by atoms with Crippen LogP contribution in [0.5, 0.6) is 0 Å². The molecule has 2 atom stereocenters. The third-order valence-electron chi connectivity index (χ3n) is 4.72. The largest absolute Gasteiger partial charge is 0.598 e. The van der Waals surface area contributed by atoms with Gasteiger partial charge in [0.25, 0.3) is 0 Å². The summed E-state index contributed by atoms with van der Waals surface area (Å²) in [6, 6.07) is 14.6. The molecule has 0 aliphatic carbocycles. The fraction of sp³-hybridized carbons (Fsp3) is 0.400. The maximum atomic E-state index is 11.5. The average molecular weight is 393 g/mol. The van der Waals surface area contributed by atoms with Gasteiger partial charge in [0.05, 0.1) is 6.04 Å². The maximum absolute atomic E-state index is 11.5. The molecule has 2 unspecified atom stereocenters. The lowest BCUT2D eigenvalue weighted by Crippen LogP contribution is -2.48. The quantitative estimate of drug-likeness (QED) is 0.781. The zero-order valence-corrected chi connectivity index (χ0v) is 16.8. The molecule has 0 saturated carbocycles. The summed E-state index contributed by atoms with van der Waals surface area (Å²) < 4.78 is 25.7. The SMILES string of the molecule is Cc1ccc(-c2cccc(CN3CCCC(N[S+](C)(=O)[O-])C3)c2)cc1Cl. The first-order chi connectivity index (χ1) is 12.3. The molecule has 1 saturated heterocycles. The second kappa shape index (κ2) is 8.19. The Morgan fingerprint density at radius 2 is 2.04 bits per heavy atom. The number of piperidine rings is 1. The number of sulfonamides is 1. The number of nitrogens with one attached hydrogen (secondary N) is 1. The molecule has 1 N–H and O–H groups in total. The molecule has 26 heavy (non-hydrogen) atoms. The predicted octanol–water partition coefficient (Wildman–Crippen LogP) is 4.04. The van der Waals surface area contributed by atoms with E-state index in [-0.39, 0.29) is 6.04 Å². The highest BCUT2D eigenvalue weighted by molar-refractivity contribution is 7.95. The van der Waals surface area contributed by atoms with Crippen LogP contribution in [-0.4, -0.2) is 34.8 Å². The molecule has 6 heteroatoms. The third kappa shape index (κ3) is 5.38. The van der Waals surface area contributed by atoms with Crippen LogP contribution in [0.3, 0.4) is 0 Å². The molecule has 2 aromatic rings. The Hall–Kier alpha value is -1.24. The lowest BCUT2D eigenvalue weighted by atomic mass is 10.0. The molecule has 4 nitrogen and oxygen atoms in total. The molecule has 1 heterocycles. The topological polar surface area (TPSA) is 55.4 Å². The first kappa shape index (κ1) is 19.5. The molecule has 0 aromatic heterocycles. The van der Waals surface area contributed by atoms with Crippen LogP contribution < -0.4 is 4.72 Å². The van der Waals surface area contributed by atoms with Crippen molar-refractivity contribution in [3.63, 3.8) is 0 Å². The molecule has 3 rings (SSSR count). The standard InChI is InChI=1S/C20H25ClN2O2S/c1-15-8-9-18(12-20(15)21)17-6-3-5-16(11-17)13-23-10-4-7-19(14-23)22-26(2,24)25/h3,5-6,8-9,11-12,19H,4,7,10,13-14H2,1-2H3,(H-,22,24,25). The summed E-state index contributed by atoms with van der Waals surface area (Å²) >= 11 is 6.26. The van der Waals surface area contributed by atoms with Crippen molar-refractivity contribution >= 4 is 22.0 Å². The van der Waals surface area contributed by atoms with Crippen molar-refractivity contribution in [1.29, 1.82) is 0 Å². The van der Waals surface area contributed by atoms with Gasteiger partial charge in [-0.3, -0.25) is 4.90 Å². The van der Waals surface area contributed by atoms with E-state index in [2.05, 4.69) is 40.0 Å². The molecule has 0 amide bonds. The smallest absolute Gasteiger partial charge is 0.120 e. The van der Waals surface area contributed by atoms with Gasteiger partial charge in [-0.25, -0.2) is 0 Å². The predicted molar refractivity (Wildman–Crippen MR) is 108 cm³/mol. The average Bonchev–Trinajstić information content (AvgIpc) is 2.56. The molecule has 140 valence electrons. The van der Waals surface area contributed by atoms with Crippen LogP contribution in [0.1, 0.15) is 24.0 Å². The van der Waals surface area contributed by atoms with Crippen LogP contribution in [0.4, 0.5) is 0 Å². The second-order valence-corrected chi connectivity index (χ2v) is 9.32. The second-order valence-electron chi connectivity index (χ2n) is 7.13. The highest BCUT2D eigenvalue weighted by Crippen LogP contribution is 2.26. The summed E-state index contributed by atoms with van der Waals surface area (Å²) in [5.74, 6) is 0. The fourth-order valence-electron chi connectivity index (χ4n) is 3.48. The van der Waals surface area contributed by atoms with Gasteiger partial charge in [0.15, 0.2) is 0 Å². The first-order valence-electron chi connectivity index (χ1n) is 8.85. The Labute approximate surface area is 161 Å². The Bertz CT molecular complexity index is 821. The highest BCUT2D eigenvalue weighted by atomic mass is 35.5. The lowest BCUT2D eigenvalue weighted by molar-refractivity contribution is 0.193. The number of likely N-dealkylation sites (tertiary alicyclic amines) is 1. The number of benzene rings is 2. The Morgan fingerprint density at radius 3 is 2.77 bits per heavy atom. The number of hydrogen-bond donors (Lipinski definition) is 1. The van der Waals surface area contributed by atoms with Crippen LogP contribution in [0.2, 0.25) is 5.02 Å². The number of hydrogen-bond acceptors (Lipinski definition) is 3. The van der Waals surface area contributed by atoms with Crippen molar-refractivity contribution < 1.29 is 8.76 Å². The summed E-state index contributed by atoms with van der Waals surface area (Å²) in [6.07, 6.45) is 3.12. The number of aryl methyl sites for hydroxylation is 1. The molecule has 2 aromatic carbocycles. The summed E-state index contributed by atoms with van der Waals surface area (Å²) in [7, 11) is -3.16. The molecule has 0 bridgehead atoms. The molecular formula is C20H25ClN2O2S. The molecular weight excluding hydrogens is 368 g/mol. The van der Waals surface area contributed by atoms with Gasteiger partial charge >= 0.3 is 0 Å². The van der Waals surface area contributed by atoms with Gasteiger partial charge in [-0.2, -0.15) is 0 Å². The molecule has 1 aliphatic rings. The van der Waals surface area contributed by atoms with Gasteiger partial charge in [0.2, 0.25) is 0 Å². The van der Waals surface area contributed by atoms with E-state index in [9.17, 15) is 8.76 Å². The normalized spacial score (nSPS) is 20.7. The molecule has 1 fully saturated rings. The van der Waals surface area contributed by atoms with Crippen molar-refractivity contribution in [2.75, 3.05) is 19.3 Å². The van der Waals surface area contributed by atoms with E-state index in [0.717, 1.165) is 54.2 Å². The van der Waals surface area contributed by atoms with E-state index < -0.39 is 10.4 Å². The van der Waals surface area contributed by atoms with Crippen molar-refractivity contribution in [3.8, 4) is 11.1 Å². The van der Waals surface area contributed by atoms with Gasteiger partial charge in [-0.15, -0.1) is 4.72 Å². The van der Waals surface area contributed by atoms with Crippen LogP contribution >= 0.6 is 11.6 Å². The van der Waals surface area contributed by atoms with Crippen LogP contribution in [-0.2, 0) is 21.2 Å². The highest BCUT2D eigenvalue weighted by Gasteiger charge is 2.24. The maximum Gasteiger partial charge on any atom is 0.120 e. The van der Waals surface area contributed by atoms with Crippen molar-refractivity contribution in [2.45, 2.75) is 32.4 Å². The summed E-state index contributed by atoms with van der Waals surface area (Å²) in [5.41, 5.74) is 4.55. The lowest BCUT2D eigenvalue weighted by Gasteiger charge is -2.33. The minimum Gasteiger partial charge on any atom is -0.598 e.